The second-order valence-electron chi connectivity index (χ2n) is 2.92. The van der Waals surface area contributed by atoms with Crippen LogP contribution in [0, 0.1) is 5.92 Å². The van der Waals surface area contributed by atoms with E-state index in [1.54, 1.807) is 0 Å². The zero-order chi connectivity index (χ0) is 7.02. The molecule has 0 fully saturated rings. The largest absolute Gasteiger partial charge is 0.202 e. The van der Waals surface area contributed by atoms with Crippen molar-refractivity contribution in [3.05, 3.63) is 11.8 Å². The molecule has 0 aromatic carbocycles. The van der Waals surface area contributed by atoms with Crippen LogP contribution in [0.1, 0.15) is 20.8 Å². The zero-order valence-electron chi connectivity index (χ0n) is 6.60. The Hall–Kier alpha value is -0.590. The summed E-state index contributed by atoms with van der Waals surface area (Å²) in [5.41, 5.74) is 2.83. The van der Waals surface area contributed by atoms with Crippen molar-refractivity contribution in [2.75, 3.05) is 7.05 Å². The average Bonchev–Trinajstić information content (AvgIpc) is 1.81. The van der Waals surface area contributed by atoms with E-state index in [0.717, 1.165) is 0 Å². The van der Waals surface area contributed by atoms with Gasteiger partial charge in [0.05, 0.1) is 6.08 Å². The lowest BCUT2D eigenvalue weighted by Crippen LogP contribution is -2.27. The van der Waals surface area contributed by atoms with Crippen LogP contribution < -0.4 is 0 Å². The van der Waals surface area contributed by atoms with Crippen LogP contribution in [0.2, 0.25) is 0 Å². The molecule has 0 spiro atoms. The van der Waals surface area contributed by atoms with Gasteiger partial charge < -0.3 is 0 Å². The first-order valence-corrected chi connectivity index (χ1v) is 3.42. The molecule has 1 aliphatic rings. The summed E-state index contributed by atoms with van der Waals surface area (Å²) in [6, 6.07) is 0. The summed E-state index contributed by atoms with van der Waals surface area (Å²) in [5, 5.41) is 0. The van der Waals surface area contributed by atoms with Crippen LogP contribution in [-0.2, 0) is 0 Å². The molecular weight excluding hydrogens is 110 g/mol. The topological polar surface area (TPSA) is 3.01 Å². The third-order valence-electron chi connectivity index (χ3n) is 1.86. The third kappa shape index (κ3) is 0.913. The van der Waals surface area contributed by atoms with Crippen LogP contribution in [0.5, 0.6) is 0 Å². The van der Waals surface area contributed by atoms with Gasteiger partial charge >= 0.3 is 0 Å². The maximum Gasteiger partial charge on any atom is 0.190 e. The van der Waals surface area contributed by atoms with E-state index in [-0.39, 0.29) is 0 Å². The van der Waals surface area contributed by atoms with Crippen LogP contribution in [0.4, 0.5) is 0 Å². The lowest BCUT2D eigenvalue weighted by Gasteiger charge is -2.12. The van der Waals surface area contributed by atoms with Crippen LogP contribution in [0.15, 0.2) is 11.8 Å². The Labute approximate surface area is 56.7 Å². The van der Waals surface area contributed by atoms with Gasteiger partial charge in [0.15, 0.2) is 11.4 Å². The summed E-state index contributed by atoms with van der Waals surface area (Å²) in [6.07, 6.45) is 2.24. The van der Waals surface area contributed by atoms with E-state index in [9.17, 15) is 0 Å². The monoisotopic (exact) mass is 124 g/mol. The summed E-state index contributed by atoms with van der Waals surface area (Å²) in [7, 11) is 2.12. The van der Waals surface area contributed by atoms with Crippen molar-refractivity contribution in [3.8, 4) is 0 Å². The standard InChI is InChI=1S/C8H14N/c1-6(2)8-5-7(3)9(8)4/h5-6H,1-4H3/q+1. The molecule has 0 bridgehead atoms. The molecule has 1 rings (SSSR count). The van der Waals surface area contributed by atoms with Crippen molar-refractivity contribution in [2.24, 2.45) is 5.92 Å². The van der Waals surface area contributed by atoms with Gasteiger partial charge in [-0.05, 0) is 0 Å². The van der Waals surface area contributed by atoms with E-state index in [1.165, 1.54) is 11.4 Å². The van der Waals surface area contributed by atoms with Crippen LogP contribution in [0.3, 0.4) is 0 Å². The Morgan fingerprint density at radius 2 is 2.00 bits per heavy atom. The Morgan fingerprint density at radius 3 is 2.11 bits per heavy atom. The first-order valence-electron chi connectivity index (χ1n) is 3.42. The third-order valence-corrected chi connectivity index (χ3v) is 1.86. The quantitative estimate of drug-likeness (QED) is 0.467. The Balaban J connectivity index is 2.68. The van der Waals surface area contributed by atoms with Crippen molar-refractivity contribution in [3.63, 3.8) is 0 Å². The van der Waals surface area contributed by atoms with Gasteiger partial charge in [0.1, 0.15) is 7.05 Å². The Morgan fingerprint density at radius 1 is 1.44 bits per heavy atom. The van der Waals surface area contributed by atoms with Gasteiger partial charge in [0.2, 0.25) is 0 Å². The second-order valence-corrected chi connectivity index (χ2v) is 2.92. The summed E-state index contributed by atoms with van der Waals surface area (Å²) in [5.74, 6) is 0.679. The van der Waals surface area contributed by atoms with Crippen molar-refractivity contribution in [1.82, 2.24) is 0 Å². The van der Waals surface area contributed by atoms with E-state index in [4.69, 9.17) is 0 Å². The minimum atomic E-state index is 0.679. The highest BCUT2D eigenvalue weighted by Crippen LogP contribution is 2.12. The fourth-order valence-electron chi connectivity index (χ4n) is 1.10. The molecule has 0 N–H and O–H groups in total. The van der Waals surface area contributed by atoms with Crippen molar-refractivity contribution in [1.29, 1.82) is 0 Å². The van der Waals surface area contributed by atoms with Crippen LogP contribution in [-0.4, -0.2) is 17.3 Å². The molecule has 0 saturated heterocycles. The molecule has 50 valence electrons. The molecule has 9 heavy (non-hydrogen) atoms. The number of rotatable bonds is 1. The minimum Gasteiger partial charge on any atom is -0.202 e. The molecule has 1 heterocycles. The van der Waals surface area contributed by atoms with Gasteiger partial charge in [-0.1, -0.05) is 13.8 Å². The lowest BCUT2D eigenvalue weighted by molar-refractivity contribution is -0.457. The highest BCUT2D eigenvalue weighted by Gasteiger charge is 2.23. The molecule has 0 amide bonds. The molecule has 0 unspecified atom stereocenters. The number of nitrogens with zero attached hydrogens (tertiary/aromatic N) is 1. The van der Waals surface area contributed by atoms with Crippen molar-refractivity contribution < 1.29 is 4.58 Å². The molecule has 0 aliphatic carbocycles. The second kappa shape index (κ2) is 1.98. The number of hydrogen-bond donors (Lipinski definition) is 0. The molecular formula is C8H14N+. The molecule has 0 aromatic rings. The molecule has 1 aliphatic heterocycles. The number of allylic oxidation sites excluding steroid dienone is 2. The number of hydrogen-bond acceptors (Lipinski definition) is 0. The van der Waals surface area contributed by atoms with Crippen LogP contribution in [0.25, 0.3) is 0 Å². The van der Waals surface area contributed by atoms with Gasteiger partial charge in [-0.2, -0.15) is 0 Å². The highest BCUT2D eigenvalue weighted by molar-refractivity contribution is 5.95. The molecule has 0 atom stereocenters. The summed E-state index contributed by atoms with van der Waals surface area (Å²) in [4.78, 5) is 0. The molecule has 0 aromatic heterocycles. The maximum absolute atomic E-state index is 2.24. The smallest absolute Gasteiger partial charge is 0.190 e. The molecule has 1 heteroatoms. The molecule has 0 radical (unpaired) electrons. The molecule has 1 nitrogen and oxygen atoms in total. The summed E-state index contributed by atoms with van der Waals surface area (Å²) >= 11 is 0. The van der Waals surface area contributed by atoms with E-state index in [0.29, 0.717) is 5.92 Å². The summed E-state index contributed by atoms with van der Waals surface area (Å²) < 4.78 is 2.24. The first kappa shape index (κ1) is 6.53. The predicted octanol–water partition coefficient (Wildman–Crippen LogP) is 1.64. The Kier molecular flexibility index (Phi) is 1.43. The maximum atomic E-state index is 2.24. The first-order chi connectivity index (χ1) is 4.13. The fourth-order valence-corrected chi connectivity index (χ4v) is 1.10. The summed E-state index contributed by atoms with van der Waals surface area (Å²) in [6.45, 7) is 6.56. The van der Waals surface area contributed by atoms with E-state index in [1.807, 2.05) is 0 Å². The minimum absolute atomic E-state index is 0.679. The fraction of sp³-hybridized carbons (Fsp3) is 0.625. The lowest BCUT2D eigenvalue weighted by atomic mass is 10.0. The van der Waals surface area contributed by atoms with Gasteiger partial charge in [-0.25, -0.2) is 4.58 Å². The van der Waals surface area contributed by atoms with Crippen molar-refractivity contribution in [2.45, 2.75) is 20.8 Å². The normalized spacial score (nSPS) is 18.1. The van der Waals surface area contributed by atoms with Crippen molar-refractivity contribution >= 4 is 5.71 Å². The Bertz CT molecular complexity index is 185. The zero-order valence-corrected chi connectivity index (χ0v) is 6.60. The van der Waals surface area contributed by atoms with Gasteiger partial charge in [-0.15, -0.1) is 0 Å². The van der Waals surface area contributed by atoms with Gasteiger partial charge in [0, 0.05) is 12.8 Å². The molecule has 0 saturated carbocycles. The van der Waals surface area contributed by atoms with Gasteiger partial charge in [-0.3, -0.25) is 0 Å². The van der Waals surface area contributed by atoms with E-state index in [2.05, 4.69) is 38.5 Å². The highest BCUT2D eigenvalue weighted by atomic mass is 15.0. The van der Waals surface area contributed by atoms with E-state index < -0.39 is 0 Å². The van der Waals surface area contributed by atoms with Gasteiger partial charge in [0.25, 0.3) is 0 Å². The SMILES string of the molecule is CC1=CC(C(C)C)=[N+]1C. The van der Waals surface area contributed by atoms with Crippen LogP contribution >= 0.6 is 0 Å². The average molecular weight is 124 g/mol. The van der Waals surface area contributed by atoms with E-state index >= 15 is 0 Å². The predicted molar refractivity (Wildman–Crippen MR) is 39.8 cm³/mol.